The Kier molecular flexibility index (Phi) is 4.52. The first-order chi connectivity index (χ1) is 14.0. The van der Waals surface area contributed by atoms with Gasteiger partial charge in [0.05, 0.1) is 23.4 Å². The summed E-state index contributed by atoms with van der Waals surface area (Å²) in [7, 11) is 0. The molecule has 2 N–H and O–H groups in total. The Morgan fingerprint density at radius 1 is 1.03 bits per heavy atom. The SMILES string of the molecule is Cc1cccc(Nc2ncnc(CN3C(=O)c4ccccc4C3=O)c2C(=O)O)c1. The molecule has 2 amide bonds. The molecule has 1 aromatic heterocycles. The lowest BCUT2D eigenvalue weighted by Gasteiger charge is -2.16. The van der Waals surface area contributed by atoms with Crippen LogP contribution in [0.15, 0.2) is 54.9 Å². The van der Waals surface area contributed by atoms with Gasteiger partial charge in [-0.15, -0.1) is 0 Å². The first-order valence-corrected chi connectivity index (χ1v) is 8.82. The molecule has 1 aliphatic heterocycles. The summed E-state index contributed by atoms with van der Waals surface area (Å²) in [6.45, 7) is 1.65. The third kappa shape index (κ3) is 3.31. The van der Waals surface area contributed by atoms with Gasteiger partial charge in [0.2, 0.25) is 0 Å². The molecule has 1 aliphatic rings. The third-order valence-corrected chi connectivity index (χ3v) is 4.61. The minimum absolute atomic E-state index is 0.0668. The van der Waals surface area contributed by atoms with Gasteiger partial charge < -0.3 is 10.4 Å². The summed E-state index contributed by atoms with van der Waals surface area (Å²) in [6, 6.07) is 13.9. The van der Waals surface area contributed by atoms with Crippen molar-refractivity contribution in [2.24, 2.45) is 0 Å². The number of nitrogens with one attached hydrogen (secondary N) is 1. The summed E-state index contributed by atoms with van der Waals surface area (Å²) in [5, 5.41) is 12.7. The molecule has 144 valence electrons. The molecular formula is C21H16N4O4. The third-order valence-electron chi connectivity index (χ3n) is 4.61. The van der Waals surface area contributed by atoms with Gasteiger partial charge in [-0.25, -0.2) is 14.8 Å². The van der Waals surface area contributed by atoms with Gasteiger partial charge in [0.1, 0.15) is 17.7 Å². The van der Waals surface area contributed by atoms with Crippen LogP contribution in [0.2, 0.25) is 0 Å². The van der Waals surface area contributed by atoms with E-state index in [1.807, 2.05) is 25.1 Å². The minimum atomic E-state index is -1.26. The zero-order valence-electron chi connectivity index (χ0n) is 15.4. The van der Waals surface area contributed by atoms with E-state index in [2.05, 4.69) is 15.3 Å². The number of nitrogens with zero attached hydrogens (tertiary/aromatic N) is 3. The number of amides is 2. The highest BCUT2D eigenvalue weighted by Gasteiger charge is 2.36. The quantitative estimate of drug-likeness (QED) is 0.646. The molecule has 0 aliphatic carbocycles. The maximum absolute atomic E-state index is 12.6. The summed E-state index contributed by atoms with van der Waals surface area (Å²) >= 11 is 0. The maximum Gasteiger partial charge on any atom is 0.341 e. The zero-order chi connectivity index (χ0) is 20.5. The van der Waals surface area contributed by atoms with Crippen LogP contribution in [0, 0.1) is 6.92 Å². The molecule has 0 saturated heterocycles. The number of fused-ring (bicyclic) bond motifs is 1. The Bertz CT molecular complexity index is 1120. The molecule has 0 unspecified atom stereocenters. The Balaban J connectivity index is 1.69. The van der Waals surface area contributed by atoms with Crippen molar-refractivity contribution in [3.05, 3.63) is 82.8 Å². The standard InChI is InChI=1S/C21H16N4O4/c1-12-5-4-6-13(9-12)24-18-17(21(28)29)16(22-11-23-18)10-25-19(26)14-7-2-3-8-15(14)20(25)27/h2-9,11H,10H2,1H3,(H,28,29)(H,22,23,24). The fourth-order valence-electron chi connectivity index (χ4n) is 3.25. The molecule has 8 heteroatoms. The van der Waals surface area contributed by atoms with Gasteiger partial charge in [-0.3, -0.25) is 14.5 Å². The lowest BCUT2D eigenvalue weighted by molar-refractivity contribution is 0.0625. The number of hydrogen-bond donors (Lipinski definition) is 2. The molecule has 0 radical (unpaired) electrons. The maximum atomic E-state index is 12.6. The predicted octanol–water partition coefficient (Wildman–Crippen LogP) is 3.02. The highest BCUT2D eigenvalue weighted by Crippen LogP contribution is 2.27. The Labute approximate surface area is 165 Å². The molecule has 8 nitrogen and oxygen atoms in total. The van der Waals surface area contributed by atoms with Gasteiger partial charge >= 0.3 is 5.97 Å². The average Bonchev–Trinajstić information content (AvgIpc) is 2.93. The van der Waals surface area contributed by atoms with Gasteiger partial charge in [-0.2, -0.15) is 0 Å². The molecule has 0 fully saturated rings. The summed E-state index contributed by atoms with van der Waals surface area (Å²) in [6.07, 6.45) is 1.21. The second kappa shape index (κ2) is 7.16. The molecule has 4 rings (SSSR count). The number of aromatic nitrogens is 2. The van der Waals surface area contributed by atoms with E-state index in [0.29, 0.717) is 16.8 Å². The lowest BCUT2D eigenvalue weighted by Crippen LogP contribution is -2.30. The molecule has 0 saturated carbocycles. The topological polar surface area (TPSA) is 112 Å². The van der Waals surface area contributed by atoms with E-state index < -0.39 is 17.8 Å². The van der Waals surface area contributed by atoms with Crippen molar-refractivity contribution >= 4 is 29.3 Å². The number of benzene rings is 2. The van der Waals surface area contributed by atoms with E-state index in [1.165, 1.54) is 6.33 Å². The number of imide groups is 1. The number of carboxylic acids is 1. The van der Waals surface area contributed by atoms with E-state index in [4.69, 9.17) is 0 Å². The second-order valence-corrected chi connectivity index (χ2v) is 6.59. The van der Waals surface area contributed by atoms with Crippen molar-refractivity contribution in [1.29, 1.82) is 0 Å². The zero-order valence-corrected chi connectivity index (χ0v) is 15.4. The van der Waals surface area contributed by atoms with Crippen LogP contribution in [-0.2, 0) is 6.54 Å². The van der Waals surface area contributed by atoms with Gasteiger partial charge in [0, 0.05) is 5.69 Å². The average molecular weight is 388 g/mol. The van der Waals surface area contributed by atoms with Gasteiger partial charge in [0.25, 0.3) is 11.8 Å². The Morgan fingerprint density at radius 2 is 1.72 bits per heavy atom. The van der Waals surface area contributed by atoms with Crippen molar-refractivity contribution < 1.29 is 19.5 Å². The number of hydrogen-bond acceptors (Lipinski definition) is 6. The Hall–Kier alpha value is -4.07. The fourth-order valence-corrected chi connectivity index (χ4v) is 3.25. The van der Waals surface area contributed by atoms with E-state index >= 15 is 0 Å². The number of carbonyl (C=O) groups excluding carboxylic acids is 2. The van der Waals surface area contributed by atoms with Crippen LogP contribution >= 0.6 is 0 Å². The fraction of sp³-hybridized carbons (Fsp3) is 0.0952. The van der Waals surface area contributed by atoms with E-state index in [-0.39, 0.29) is 23.6 Å². The van der Waals surface area contributed by atoms with Crippen molar-refractivity contribution in [2.75, 3.05) is 5.32 Å². The van der Waals surface area contributed by atoms with Crippen LogP contribution < -0.4 is 5.32 Å². The number of aromatic carboxylic acids is 1. The molecule has 0 spiro atoms. The summed E-state index contributed by atoms with van der Waals surface area (Å²) < 4.78 is 0. The van der Waals surface area contributed by atoms with Gasteiger partial charge in [-0.05, 0) is 36.8 Å². The number of anilines is 2. The summed E-state index contributed by atoms with van der Waals surface area (Å²) in [4.78, 5) is 46.2. The molecule has 0 atom stereocenters. The van der Waals surface area contributed by atoms with Gasteiger partial charge in [0.15, 0.2) is 0 Å². The number of aryl methyl sites for hydroxylation is 1. The van der Waals surface area contributed by atoms with Crippen molar-refractivity contribution in [3.8, 4) is 0 Å². The van der Waals surface area contributed by atoms with Crippen LogP contribution in [0.25, 0.3) is 0 Å². The van der Waals surface area contributed by atoms with E-state index in [9.17, 15) is 19.5 Å². The van der Waals surface area contributed by atoms with E-state index in [0.717, 1.165) is 10.5 Å². The Morgan fingerprint density at radius 3 is 2.34 bits per heavy atom. The lowest BCUT2D eigenvalue weighted by atomic mass is 10.1. The predicted molar refractivity (Wildman–Crippen MR) is 104 cm³/mol. The van der Waals surface area contributed by atoms with Crippen LogP contribution in [0.4, 0.5) is 11.5 Å². The normalized spacial score (nSPS) is 12.8. The van der Waals surface area contributed by atoms with Crippen LogP contribution in [0.5, 0.6) is 0 Å². The van der Waals surface area contributed by atoms with Gasteiger partial charge in [-0.1, -0.05) is 24.3 Å². The minimum Gasteiger partial charge on any atom is -0.477 e. The number of carbonyl (C=O) groups is 3. The van der Waals surface area contributed by atoms with Crippen LogP contribution in [-0.4, -0.2) is 37.8 Å². The molecule has 2 aromatic carbocycles. The number of carboxylic acid groups (broad SMARTS) is 1. The monoisotopic (exact) mass is 388 g/mol. The first kappa shape index (κ1) is 18.3. The molecular weight excluding hydrogens is 372 g/mol. The van der Waals surface area contributed by atoms with Crippen molar-refractivity contribution in [2.45, 2.75) is 13.5 Å². The highest BCUT2D eigenvalue weighted by molar-refractivity contribution is 6.21. The molecule has 0 bridgehead atoms. The van der Waals surface area contributed by atoms with Crippen molar-refractivity contribution in [1.82, 2.24) is 14.9 Å². The van der Waals surface area contributed by atoms with Crippen LogP contribution in [0.3, 0.4) is 0 Å². The molecule has 3 aromatic rings. The van der Waals surface area contributed by atoms with E-state index in [1.54, 1.807) is 30.3 Å². The van der Waals surface area contributed by atoms with Crippen LogP contribution in [0.1, 0.15) is 42.3 Å². The smallest absolute Gasteiger partial charge is 0.341 e. The number of rotatable bonds is 5. The van der Waals surface area contributed by atoms with Crippen molar-refractivity contribution in [3.63, 3.8) is 0 Å². The highest BCUT2D eigenvalue weighted by atomic mass is 16.4. The largest absolute Gasteiger partial charge is 0.477 e. The molecule has 29 heavy (non-hydrogen) atoms. The second-order valence-electron chi connectivity index (χ2n) is 6.59. The first-order valence-electron chi connectivity index (χ1n) is 8.82. The summed E-state index contributed by atoms with van der Waals surface area (Å²) in [5.74, 6) is -2.13. The molecule has 2 heterocycles. The summed E-state index contributed by atoms with van der Waals surface area (Å²) in [5.41, 5.74) is 2.12.